The molecule has 1 rings (SSSR count). The highest BCUT2D eigenvalue weighted by molar-refractivity contribution is 4.90. The lowest BCUT2D eigenvalue weighted by molar-refractivity contribution is -0.235. The fourth-order valence-electron chi connectivity index (χ4n) is 1.34. The zero-order valence-corrected chi connectivity index (χ0v) is 7.29. The smallest absolute Gasteiger partial charge is 0.137 e. The van der Waals surface area contributed by atoms with Crippen LogP contribution in [-0.2, 0) is 4.74 Å². The van der Waals surface area contributed by atoms with E-state index in [0.717, 1.165) is 0 Å². The Morgan fingerprint density at radius 3 is 2.23 bits per heavy atom. The summed E-state index contributed by atoms with van der Waals surface area (Å²) >= 11 is 0. The molecule has 0 saturated carbocycles. The number of rotatable bonds is 2. The van der Waals surface area contributed by atoms with Crippen molar-refractivity contribution in [2.45, 2.75) is 30.6 Å². The van der Waals surface area contributed by atoms with Gasteiger partial charge in [0.1, 0.15) is 30.6 Å². The van der Waals surface area contributed by atoms with Crippen molar-refractivity contribution in [1.82, 2.24) is 5.32 Å². The van der Waals surface area contributed by atoms with Crippen molar-refractivity contribution in [2.24, 2.45) is 0 Å². The Hall–Kier alpha value is -0.240. The molecule has 0 aromatic heterocycles. The quantitative estimate of drug-likeness (QED) is 0.320. The molecule has 6 heteroatoms. The lowest BCUT2D eigenvalue weighted by Crippen LogP contribution is -2.61. The van der Waals surface area contributed by atoms with Crippen LogP contribution in [0.2, 0.25) is 0 Å². The van der Waals surface area contributed by atoms with E-state index in [-0.39, 0.29) is 0 Å². The van der Waals surface area contributed by atoms with Crippen molar-refractivity contribution >= 4 is 0 Å². The second-order valence-electron chi connectivity index (χ2n) is 3.04. The predicted molar refractivity (Wildman–Crippen MR) is 42.8 cm³/mol. The van der Waals surface area contributed by atoms with Gasteiger partial charge in [0.25, 0.3) is 0 Å². The number of hydrogen-bond acceptors (Lipinski definition) is 6. The molecule has 13 heavy (non-hydrogen) atoms. The van der Waals surface area contributed by atoms with Crippen molar-refractivity contribution in [2.75, 3.05) is 13.7 Å². The molecule has 0 aromatic carbocycles. The molecule has 1 heterocycles. The zero-order chi connectivity index (χ0) is 10.0. The second kappa shape index (κ2) is 4.32. The van der Waals surface area contributed by atoms with Gasteiger partial charge in [0.05, 0.1) is 6.61 Å². The average Bonchev–Trinajstić information content (AvgIpc) is 2.15. The number of hydrogen-bond donors (Lipinski definition) is 5. The van der Waals surface area contributed by atoms with E-state index in [4.69, 9.17) is 9.84 Å². The van der Waals surface area contributed by atoms with E-state index in [1.807, 2.05) is 0 Å². The lowest BCUT2D eigenvalue weighted by atomic mass is 9.98. The summed E-state index contributed by atoms with van der Waals surface area (Å²) in [4.78, 5) is 0. The molecule has 0 bridgehead atoms. The van der Waals surface area contributed by atoms with Gasteiger partial charge >= 0.3 is 0 Å². The van der Waals surface area contributed by atoms with Gasteiger partial charge in [-0.25, -0.2) is 0 Å². The molecule has 0 radical (unpaired) electrons. The Bertz CT molecular complexity index is 147. The van der Waals surface area contributed by atoms with Gasteiger partial charge in [-0.2, -0.15) is 0 Å². The number of likely N-dealkylation sites (N-methyl/N-ethyl adjacent to an activating group) is 1. The first kappa shape index (κ1) is 10.8. The van der Waals surface area contributed by atoms with Gasteiger partial charge in [0.2, 0.25) is 0 Å². The molecule has 1 fully saturated rings. The lowest BCUT2D eigenvalue weighted by Gasteiger charge is -2.39. The maximum absolute atomic E-state index is 9.34. The molecular formula is C7H15NO5. The van der Waals surface area contributed by atoms with E-state index >= 15 is 0 Å². The van der Waals surface area contributed by atoms with E-state index in [1.165, 1.54) is 0 Å². The highest BCUT2D eigenvalue weighted by atomic mass is 16.6. The summed E-state index contributed by atoms with van der Waals surface area (Å²) in [5.74, 6) is 0. The predicted octanol–water partition coefficient (Wildman–Crippen LogP) is -2.99. The maximum Gasteiger partial charge on any atom is 0.137 e. The van der Waals surface area contributed by atoms with Gasteiger partial charge < -0.3 is 25.2 Å². The Balaban J connectivity index is 2.66. The second-order valence-corrected chi connectivity index (χ2v) is 3.04. The summed E-state index contributed by atoms with van der Waals surface area (Å²) in [6.45, 7) is -0.400. The molecule has 0 aromatic rings. The van der Waals surface area contributed by atoms with Crippen LogP contribution in [0.25, 0.3) is 0 Å². The van der Waals surface area contributed by atoms with Crippen LogP contribution < -0.4 is 5.32 Å². The Kier molecular flexibility index (Phi) is 3.60. The molecule has 5 N–H and O–H groups in total. The maximum atomic E-state index is 9.34. The third-order valence-corrected chi connectivity index (χ3v) is 2.18. The summed E-state index contributed by atoms with van der Waals surface area (Å²) in [6.07, 6.45) is -5.39. The van der Waals surface area contributed by atoms with Gasteiger partial charge in [-0.05, 0) is 7.05 Å². The summed E-state index contributed by atoms with van der Waals surface area (Å²) in [6, 6.07) is 0. The van der Waals surface area contributed by atoms with Crippen LogP contribution in [0.5, 0.6) is 0 Å². The minimum absolute atomic E-state index is 0.400. The average molecular weight is 193 g/mol. The van der Waals surface area contributed by atoms with Gasteiger partial charge in [-0.3, -0.25) is 5.32 Å². The van der Waals surface area contributed by atoms with E-state index in [1.54, 1.807) is 7.05 Å². The van der Waals surface area contributed by atoms with Crippen LogP contribution in [-0.4, -0.2) is 64.7 Å². The van der Waals surface area contributed by atoms with Crippen LogP contribution >= 0.6 is 0 Å². The fourth-order valence-corrected chi connectivity index (χ4v) is 1.34. The van der Waals surface area contributed by atoms with Crippen molar-refractivity contribution in [3.05, 3.63) is 0 Å². The first-order valence-corrected chi connectivity index (χ1v) is 4.09. The third-order valence-electron chi connectivity index (χ3n) is 2.18. The molecule has 6 nitrogen and oxygen atoms in total. The number of nitrogens with one attached hydrogen (secondary N) is 1. The van der Waals surface area contributed by atoms with Crippen LogP contribution in [0.3, 0.4) is 0 Å². The standard InChI is InChI=1S/C7H15NO5/c1-8-7-6(12)5(11)4(10)3(2-9)13-7/h3-12H,2H2,1H3/t3-,4+,5+,6-,7?/m1/s1. The van der Waals surface area contributed by atoms with Crippen LogP contribution in [0, 0.1) is 0 Å². The largest absolute Gasteiger partial charge is 0.394 e. The van der Waals surface area contributed by atoms with Gasteiger partial charge in [0, 0.05) is 0 Å². The van der Waals surface area contributed by atoms with Crippen molar-refractivity contribution < 1.29 is 25.2 Å². The Labute approximate surface area is 75.8 Å². The Morgan fingerprint density at radius 1 is 1.15 bits per heavy atom. The monoisotopic (exact) mass is 193 g/mol. The van der Waals surface area contributed by atoms with E-state index < -0.39 is 37.3 Å². The van der Waals surface area contributed by atoms with E-state index in [0.29, 0.717) is 0 Å². The fraction of sp³-hybridized carbons (Fsp3) is 1.00. The summed E-state index contributed by atoms with van der Waals surface area (Å²) in [5, 5.41) is 39.3. The minimum Gasteiger partial charge on any atom is -0.394 e. The molecule has 1 unspecified atom stereocenters. The summed E-state index contributed by atoms with van der Waals surface area (Å²) in [7, 11) is 1.55. The highest BCUT2D eigenvalue weighted by Crippen LogP contribution is 2.18. The van der Waals surface area contributed by atoms with Crippen LogP contribution in [0.15, 0.2) is 0 Å². The molecule has 0 spiro atoms. The Morgan fingerprint density at radius 2 is 1.77 bits per heavy atom. The SMILES string of the molecule is CNC1O[C@H](CO)[C@H](O)[C@H](O)[C@H]1O. The van der Waals surface area contributed by atoms with Crippen LogP contribution in [0.4, 0.5) is 0 Å². The zero-order valence-electron chi connectivity index (χ0n) is 7.29. The molecule has 78 valence electrons. The minimum atomic E-state index is -1.30. The molecule has 1 aliphatic rings. The molecule has 5 atom stereocenters. The summed E-state index contributed by atoms with van der Waals surface area (Å²) < 4.78 is 5.06. The normalized spacial score (nSPS) is 46.4. The number of aliphatic hydroxyl groups excluding tert-OH is 4. The molecule has 0 aliphatic carbocycles. The van der Waals surface area contributed by atoms with Crippen molar-refractivity contribution in [3.63, 3.8) is 0 Å². The van der Waals surface area contributed by atoms with Gasteiger partial charge in [-0.15, -0.1) is 0 Å². The van der Waals surface area contributed by atoms with E-state index in [2.05, 4.69) is 5.32 Å². The molecule has 1 aliphatic heterocycles. The molecule has 0 amide bonds. The summed E-state index contributed by atoms with van der Waals surface area (Å²) in [5.41, 5.74) is 0. The highest BCUT2D eigenvalue weighted by Gasteiger charge is 2.42. The van der Waals surface area contributed by atoms with Crippen LogP contribution in [0.1, 0.15) is 0 Å². The molecule has 1 saturated heterocycles. The topological polar surface area (TPSA) is 102 Å². The number of ether oxygens (including phenoxy) is 1. The van der Waals surface area contributed by atoms with Gasteiger partial charge in [0.15, 0.2) is 0 Å². The van der Waals surface area contributed by atoms with Crippen molar-refractivity contribution in [1.29, 1.82) is 0 Å². The van der Waals surface area contributed by atoms with E-state index in [9.17, 15) is 15.3 Å². The number of aliphatic hydroxyl groups is 4. The first-order chi connectivity index (χ1) is 6.11. The van der Waals surface area contributed by atoms with Crippen molar-refractivity contribution in [3.8, 4) is 0 Å². The van der Waals surface area contributed by atoms with Gasteiger partial charge in [-0.1, -0.05) is 0 Å². The molecular weight excluding hydrogens is 178 g/mol. The first-order valence-electron chi connectivity index (χ1n) is 4.09. The third kappa shape index (κ3) is 1.98.